The van der Waals surface area contributed by atoms with Crippen molar-refractivity contribution in [3.05, 3.63) is 30.3 Å². The Labute approximate surface area is 192 Å². The summed E-state index contributed by atoms with van der Waals surface area (Å²) in [5, 5.41) is 0.976. The molecule has 1 aromatic carbocycles. The van der Waals surface area contributed by atoms with E-state index >= 15 is 0 Å². The third-order valence-electron chi connectivity index (χ3n) is 4.78. The SMILES string of the molecule is CCN(CCNC(=O)C(F)(F)C(F)(F)C(F)(F)C(F)(F)C(F)(F)C(F)(F)C(F)(F)F)c1ccccc1. The van der Waals surface area contributed by atoms with Gasteiger partial charge in [-0.1, -0.05) is 18.2 Å². The van der Waals surface area contributed by atoms with Crippen molar-refractivity contribution in [3.63, 3.8) is 0 Å². The fourth-order valence-electron chi connectivity index (χ4n) is 2.63. The molecule has 0 radical (unpaired) electrons. The number of amides is 1. The Hall–Kier alpha value is -2.56. The molecule has 3 nitrogen and oxygen atoms in total. The van der Waals surface area contributed by atoms with Gasteiger partial charge >= 0.3 is 41.7 Å². The number of nitrogens with zero attached hydrogens (tertiary/aromatic N) is 1. The van der Waals surface area contributed by atoms with Crippen molar-refractivity contribution >= 4 is 11.6 Å². The van der Waals surface area contributed by atoms with E-state index in [1.807, 2.05) is 0 Å². The minimum Gasteiger partial charge on any atom is -0.370 e. The van der Waals surface area contributed by atoms with Gasteiger partial charge in [0.25, 0.3) is 5.91 Å². The van der Waals surface area contributed by atoms with Crippen LogP contribution in [-0.2, 0) is 4.79 Å². The van der Waals surface area contributed by atoms with Gasteiger partial charge in [-0.3, -0.25) is 4.79 Å². The zero-order valence-corrected chi connectivity index (χ0v) is 17.5. The Morgan fingerprint density at radius 2 is 1.11 bits per heavy atom. The first-order chi connectivity index (χ1) is 15.9. The van der Waals surface area contributed by atoms with Crippen molar-refractivity contribution < 1.29 is 70.7 Å². The first kappa shape index (κ1) is 31.5. The highest BCUT2D eigenvalue weighted by Gasteiger charge is 2.94. The molecule has 0 bridgehead atoms. The molecule has 0 atom stereocenters. The van der Waals surface area contributed by atoms with Crippen LogP contribution in [0.15, 0.2) is 30.3 Å². The van der Waals surface area contributed by atoms with Gasteiger partial charge < -0.3 is 10.2 Å². The lowest BCUT2D eigenvalue weighted by Crippen LogP contribution is -2.74. The normalized spacial score (nSPS) is 14.6. The van der Waals surface area contributed by atoms with Crippen LogP contribution >= 0.6 is 0 Å². The fourth-order valence-corrected chi connectivity index (χ4v) is 2.63. The lowest BCUT2D eigenvalue weighted by Gasteiger charge is -2.41. The number of halogens is 15. The summed E-state index contributed by atoms with van der Waals surface area (Å²) in [6.07, 6.45) is -7.69. The zero-order chi connectivity index (χ0) is 28.6. The van der Waals surface area contributed by atoms with E-state index in [-0.39, 0.29) is 6.54 Å². The highest BCUT2D eigenvalue weighted by molar-refractivity contribution is 5.85. The van der Waals surface area contributed by atoms with Crippen LogP contribution in [0.2, 0.25) is 0 Å². The number of alkyl halides is 15. The number of benzene rings is 1. The molecular formula is C18H15F15N2O. The molecule has 0 aliphatic heterocycles. The van der Waals surface area contributed by atoms with E-state index < -0.39 is 60.7 Å². The molecule has 0 unspecified atom stereocenters. The number of carbonyl (C=O) groups is 1. The molecule has 36 heavy (non-hydrogen) atoms. The summed E-state index contributed by atoms with van der Waals surface area (Å²) in [5.74, 6) is -51.4. The van der Waals surface area contributed by atoms with Gasteiger partial charge in [-0.05, 0) is 19.1 Å². The lowest BCUT2D eigenvalue weighted by molar-refractivity contribution is -0.449. The molecule has 1 rings (SSSR count). The molecule has 208 valence electrons. The Bertz CT molecular complexity index is 900. The van der Waals surface area contributed by atoms with E-state index in [0.717, 1.165) is 5.32 Å². The van der Waals surface area contributed by atoms with E-state index in [9.17, 15) is 70.7 Å². The molecule has 0 fully saturated rings. The summed E-state index contributed by atoms with van der Waals surface area (Å²) in [6.45, 7) is 0.115. The predicted molar refractivity (Wildman–Crippen MR) is 93.1 cm³/mol. The van der Waals surface area contributed by atoms with Gasteiger partial charge in [-0.15, -0.1) is 0 Å². The van der Waals surface area contributed by atoms with E-state index in [1.54, 1.807) is 6.07 Å². The average Bonchev–Trinajstić information content (AvgIpc) is 2.75. The number of hydrogen-bond acceptors (Lipinski definition) is 2. The van der Waals surface area contributed by atoms with E-state index in [4.69, 9.17) is 0 Å². The standard InChI is InChI=1S/C18H15F15N2O/c1-2-35(10-6-4-3-5-7-10)9-8-34-11(36)12(19,20)13(21,22)14(23,24)15(25,26)16(27,28)17(29,30)18(31,32)33/h3-7H,2,8-9H2,1H3,(H,34,36). The summed E-state index contributed by atoms with van der Waals surface area (Å²) < 4.78 is 197. The van der Waals surface area contributed by atoms with Gasteiger partial charge in [0.2, 0.25) is 0 Å². The second-order valence-electron chi connectivity index (χ2n) is 7.12. The van der Waals surface area contributed by atoms with Crippen LogP contribution in [0.3, 0.4) is 0 Å². The van der Waals surface area contributed by atoms with Crippen molar-refractivity contribution in [1.29, 1.82) is 0 Å². The quantitative estimate of drug-likeness (QED) is 0.337. The minimum atomic E-state index is -8.43. The van der Waals surface area contributed by atoms with Crippen LogP contribution in [0.5, 0.6) is 0 Å². The topological polar surface area (TPSA) is 32.3 Å². The smallest absolute Gasteiger partial charge is 0.370 e. The van der Waals surface area contributed by atoms with Crippen LogP contribution in [0, 0.1) is 0 Å². The molecule has 18 heteroatoms. The molecule has 0 aliphatic carbocycles. The van der Waals surface area contributed by atoms with E-state index in [1.165, 1.54) is 36.1 Å². The number of likely N-dealkylation sites (N-methyl/N-ethyl adjacent to an activating group) is 1. The first-order valence-corrected chi connectivity index (χ1v) is 9.37. The third-order valence-corrected chi connectivity index (χ3v) is 4.78. The van der Waals surface area contributed by atoms with Crippen LogP contribution < -0.4 is 10.2 Å². The highest BCUT2D eigenvalue weighted by atomic mass is 19.4. The van der Waals surface area contributed by atoms with Crippen LogP contribution in [0.25, 0.3) is 0 Å². The summed E-state index contributed by atoms with van der Waals surface area (Å²) >= 11 is 0. The van der Waals surface area contributed by atoms with Gasteiger partial charge in [-0.2, -0.15) is 65.9 Å². The fraction of sp³-hybridized carbons (Fsp3) is 0.611. The van der Waals surface area contributed by atoms with Crippen molar-refractivity contribution in [1.82, 2.24) is 5.32 Å². The lowest BCUT2D eigenvalue weighted by atomic mass is 9.91. The van der Waals surface area contributed by atoms with Gasteiger partial charge in [0.15, 0.2) is 0 Å². The molecule has 0 aliphatic rings. The molecule has 0 aromatic heterocycles. The number of rotatable bonds is 11. The summed E-state index contributed by atoms with van der Waals surface area (Å²) in [5.41, 5.74) is 0.394. The van der Waals surface area contributed by atoms with Crippen molar-refractivity contribution in [2.24, 2.45) is 0 Å². The maximum atomic E-state index is 13.8. The monoisotopic (exact) mass is 560 g/mol. The average molecular weight is 560 g/mol. The van der Waals surface area contributed by atoms with E-state index in [0.29, 0.717) is 5.69 Å². The molecule has 0 spiro atoms. The summed E-state index contributed by atoms with van der Waals surface area (Å²) in [7, 11) is 0. The Morgan fingerprint density at radius 3 is 1.53 bits per heavy atom. The maximum absolute atomic E-state index is 13.8. The zero-order valence-electron chi connectivity index (χ0n) is 17.5. The van der Waals surface area contributed by atoms with Crippen molar-refractivity contribution in [3.8, 4) is 0 Å². The number of carbonyl (C=O) groups excluding carboxylic acids is 1. The predicted octanol–water partition coefficient (Wildman–Crippen LogP) is 6.00. The van der Waals surface area contributed by atoms with Crippen LogP contribution in [-0.4, -0.2) is 67.3 Å². The minimum absolute atomic E-state index is 0.110. The van der Waals surface area contributed by atoms with Gasteiger partial charge in [-0.25, -0.2) is 0 Å². The number of para-hydroxylation sites is 1. The second kappa shape index (κ2) is 9.72. The summed E-state index contributed by atoms with van der Waals surface area (Å²) in [4.78, 5) is 12.8. The largest absolute Gasteiger partial charge is 0.460 e. The molecule has 0 heterocycles. The van der Waals surface area contributed by atoms with Gasteiger partial charge in [0, 0.05) is 25.3 Å². The highest BCUT2D eigenvalue weighted by Crippen LogP contribution is 2.62. The second-order valence-corrected chi connectivity index (χ2v) is 7.12. The first-order valence-electron chi connectivity index (χ1n) is 9.37. The van der Waals surface area contributed by atoms with Crippen LogP contribution in [0.4, 0.5) is 71.5 Å². The van der Waals surface area contributed by atoms with Crippen molar-refractivity contribution in [2.75, 3.05) is 24.5 Å². The molecular weight excluding hydrogens is 545 g/mol. The van der Waals surface area contributed by atoms with Gasteiger partial charge in [0.1, 0.15) is 0 Å². The number of anilines is 1. The number of nitrogens with one attached hydrogen (secondary N) is 1. The van der Waals surface area contributed by atoms with Gasteiger partial charge in [0.05, 0.1) is 0 Å². The number of hydrogen-bond donors (Lipinski definition) is 1. The molecule has 1 N–H and O–H groups in total. The Morgan fingerprint density at radius 1 is 0.694 bits per heavy atom. The van der Waals surface area contributed by atoms with Crippen LogP contribution in [0.1, 0.15) is 6.92 Å². The molecule has 0 saturated heterocycles. The summed E-state index contributed by atoms with van der Waals surface area (Å²) in [6, 6.07) is 7.50. The van der Waals surface area contributed by atoms with E-state index in [2.05, 4.69) is 0 Å². The Kier molecular flexibility index (Phi) is 8.50. The third kappa shape index (κ3) is 4.86. The molecule has 1 aromatic rings. The van der Waals surface area contributed by atoms with Crippen molar-refractivity contribution in [2.45, 2.75) is 48.6 Å². The molecule has 0 saturated carbocycles. The molecule has 1 amide bonds. The Balaban J connectivity index is 3.21. The maximum Gasteiger partial charge on any atom is 0.460 e.